The van der Waals surface area contributed by atoms with E-state index < -0.39 is 0 Å². The maximum atomic E-state index is 13.1. The van der Waals surface area contributed by atoms with Crippen LogP contribution in [0.2, 0.25) is 0 Å². The molecule has 0 fully saturated rings. The van der Waals surface area contributed by atoms with E-state index in [1.807, 2.05) is 43.1 Å². The van der Waals surface area contributed by atoms with Gasteiger partial charge in [-0.2, -0.15) is 0 Å². The highest BCUT2D eigenvalue weighted by Crippen LogP contribution is 2.17. The Balaban J connectivity index is 1.56. The Hall–Kier alpha value is -2.80. The summed E-state index contributed by atoms with van der Waals surface area (Å²) in [5.41, 5.74) is 0. The van der Waals surface area contributed by atoms with Gasteiger partial charge in [0.05, 0.1) is 19.7 Å². The highest BCUT2D eigenvalue weighted by Gasteiger charge is 2.06. The van der Waals surface area contributed by atoms with E-state index in [4.69, 9.17) is 14.2 Å². The fraction of sp³-hybridized carbons (Fsp3) is 0.381. The molecule has 0 aliphatic heterocycles. The Labute approximate surface area is 165 Å². The van der Waals surface area contributed by atoms with Gasteiger partial charge in [0.2, 0.25) is 5.91 Å². The van der Waals surface area contributed by atoms with Crippen LogP contribution in [0.4, 0.5) is 4.39 Å². The predicted octanol–water partition coefficient (Wildman–Crippen LogP) is 2.73. The maximum absolute atomic E-state index is 13.1. The van der Waals surface area contributed by atoms with Crippen molar-refractivity contribution in [3.05, 3.63) is 54.3 Å². The van der Waals surface area contributed by atoms with E-state index in [0.29, 0.717) is 38.7 Å². The van der Waals surface area contributed by atoms with Crippen molar-refractivity contribution in [2.24, 2.45) is 0 Å². The molecule has 7 heteroatoms. The van der Waals surface area contributed by atoms with Gasteiger partial charge in [0, 0.05) is 12.6 Å². The average Bonchev–Trinajstić information content (AvgIpc) is 2.67. The molecular weight excluding hydrogens is 363 g/mol. The molecule has 1 amide bonds. The van der Waals surface area contributed by atoms with Crippen LogP contribution in [0.3, 0.4) is 0 Å². The van der Waals surface area contributed by atoms with E-state index in [2.05, 4.69) is 5.32 Å². The van der Waals surface area contributed by atoms with Gasteiger partial charge in [-0.1, -0.05) is 6.07 Å². The van der Waals surface area contributed by atoms with Crippen molar-refractivity contribution < 1.29 is 23.4 Å². The van der Waals surface area contributed by atoms with Crippen LogP contribution in [0.15, 0.2) is 48.5 Å². The quantitative estimate of drug-likeness (QED) is 0.565. The zero-order valence-electron chi connectivity index (χ0n) is 16.3. The third kappa shape index (κ3) is 8.26. The van der Waals surface area contributed by atoms with Crippen LogP contribution in [0.25, 0.3) is 0 Å². The number of likely N-dealkylation sites (N-methyl/N-ethyl adjacent to an activating group) is 1. The van der Waals surface area contributed by atoms with E-state index in [-0.39, 0.29) is 18.3 Å². The lowest BCUT2D eigenvalue weighted by Gasteiger charge is -2.16. The lowest BCUT2D eigenvalue weighted by atomic mass is 10.3. The molecule has 2 rings (SSSR count). The third-order valence-corrected chi connectivity index (χ3v) is 3.78. The van der Waals surface area contributed by atoms with Crippen LogP contribution in [0, 0.1) is 5.82 Å². The highest BCUT2D eigenvalue weighted by atomic mass is 19.1. The van der Waals surface area contributed by atoms with Crippen LogP contribution in [0.5, 0.6) is 17.2 Å². The summed E-state index contributed by atoms with van der Waals surface area (Å²) < 4.78 is 29.5. The minimum absolute atomic E-state index is 0.0939. The van der Waals surface area contributed by atoms with Crippen molar-refractivity contribution >= 4 is 5.91 Å². The summed E-state index contributed by atoms with van der Waals surface area (Å²) in [6.45, 7) is 4.52. The minimum Gasteiger partial charge on any atom is -0.494 e. The molecule has 0 aliphatic carbocycles. The molecule has 152 valence electrons. The molecule has 0 aliphatic rings. The first-order valence-corrected chi connectivity index (χ1v) is 9.26. The fourth-order valence-corrected chi connectivity index (χ4v) is 2.41. The SMILES string of the molecule is CCOc1ccc(OCCNC(=O)CN(C)CCOc2cccc(F)c2)cc1. The molecule has 0 saturated carbocycles. The number of ether oxygens (including phenoxy) is 3. The first-order valence-electron chi connectivity index (χ1n) is 9.26. The maximum Gasteiger partial charge on any atom is 0.234 e. The number of hydrogen-bond donors (Lipinski definition) is 1. The lowest BCUT2D eigenvalue weighted by molar-refractivity contribution is -0.122. The fourth-order valence-electron chi connectivity index (χ4n) is 2.41. The number of hydrogen-bond acceptors (Lipinski definition) is 5. The van der Waals surface area contributed by atoms with Gasteiger partial charge in [0.25, 0.3) is 0 Å². The van der Waals surface area contributed by atoms with Gasteiger partial charge in [-0.15, -0.1) is 0 Å². The molecule has 6 nitrogen and oxygen atoms in total. The van der Waals surface area contributed by atoms with Crippen molar-refractivity contribution in [2.45, 2.75) is 6.92 Å². The van der Waals surface area contributed by atoms with E-state index in [1.165, 1.54) is 12.1 Å². The number of nitrogens with zero attached hydrogens (tertiary/aromatic N) is 1. The Morgan fingerprint density at radius 1 is 1.00 bits per heavy atom. The summed E-state index contributed by atoms with van der Waals surface area (Å²) in [5, 5.41) is 2.81. The number of nitrogens with one attached hydrogen (secondary N) is 1. The standard InChI is InChI=1S/C21H27FN2O4/c1-3-26-18-7-9-19(10-8-18)27-13-11-23-21(25)16-24(2)12-14-28-20-6-4-5-17(22)15-20/h4-10,15H,3,11-14,16H2,1-2H3,(H,23,25). The number of amides is 1. The number of benzene rings is 2. The van der Waals surface area contributed by atoms with Gasteiger partial charge in [0.15, 0.2) is 0 Å². The van der Waals surface area contributed by atoms with Gasteiger partial charge in [0.1, 0.15) is 36.3 Å². The second-order valence-electron chi connectivity index (χ2n) is 6.15. The normalized spacial score (nSPS) is 10.6. The summed E-state index contributed by atoms with van der Waals surface area (Å²) >= 11 is 0. The van der Waals surface area contributed by atoms with E-state index in [9.17, 15) is 9.18 Å². The second-order valence-corrected chi connectivity index (χ2v) is 6.15. The predicted molar refractivity (Wildman–Crippen MR) is 106 cm³/mol. The van der Waals surface area contributed by atoms with Crippen LogP contribution >= 0.6 is 0 Å². The zero-order chi connectivity index (χ0) is 20.2. The molecule has 1 N–H and O–H groups in total. The van der Waals surface area contributed by atoms with Crippen molar-refractivity contribution in [3.8, 4) is 17.2 Å². The highest BCUT2D eigenvalue weighted by molar-refractivity contribution is 5.77. The summed E-state index contributed by atoms with van der Waals surface area (Å²) in [7, 11) is 1.82. The molecule has 2 aromatic carbocycles. The molecule has 0 atom stereocenters. The molecule has 28 heavy (non-hydrogen) atoms. The summed E-state index contributed by atoms with van der Waals surface area (Å²) in [6.07, 6.45) is 0. The molecule has 0 spiro atoms. The summed E-state index contributed by atoms with van der Waals surface area (Å²) in [4.78, 5) is 13.8. The van der Waals surface area contributed by atoms with Crippen molar-refractivity contribution in [3.63, 3.8) is 0 Å². The third-order valence-electron chi connectivity index (χ3n) is 3.78. The van der Waals surface area contributed by atoms with Gasteiger partial charge in [-0.05, 0) is 50.4 Å². The van der Waals surface area contributed by atoms with Gasteiger partial charge in [-0.3, -0.25) is 9.69 Å². The topological polar surface area (TPSA) is 60.0 Å². The summed E-state index contributed by atoms with van der Waals surface area (Å²) in [5.74, 6) is 1.57. The first kappa shape index (κ1) is 21.5. The smallest absolute Gasteiger partial charge is 0.234 e. The monoisotopic (exact) mass is 390 g/mol. The van der Waals surface area contributed by atoms with Crippen LogP contribution in [0.1, 0.15) is 6.92 Å². The van der Waals surface area contributed by atoms with Crippen molar-refractivity contribution in [2.75, 3.05) is 46.5 Å². The number of carbonyl (C=O) groups excluding carboxylic acids is 1. The second kappa shape index (κ2) is 11.8. The van der Waals surface area contributed by atoms with Gasteiger partial charge in [-0.25, -0.2) is 4.39 Å². The van der Waals surface area contributed by atoms with Gasteiger partial charge >= 0.3 is 0 Å². The van der Waals surface area contributed by atoms with E-state index in [0.717, 1.165) is 11.5 Å². The van der Waals surface area contributed by atoms with Crippen molar-refractivity contribution in [1.82, 2.24) is 10.2 Å². The number of halogens is 1. The Bertz CT molecular complexity index is 725. The van der Waals surface area contributed by atoms with E-state index >= 15 is 0 Å². The minimum atomic E-state index is -0.335. The van der Waals surface area contributed by atoms with Crippen LogP contribution in [-0.2, 0) is 4.79 Å². The van der Waals surface area contributed by atoms with Crippen LogP contribution in [-0.4, -0.2) is 57.3 Å². The first-order chi connectivity index (χ1) is 13.6. The average molecular weight is 390 g/mol. The molecule has 0 aromatic heterocycles. The Morgan fingerprint density at radius 3 is 2.36 bits per heavy atom. The van der Waals surface area contributed by atoms with Gasteiger partial charge < -0.3 is 19.5 Å². The Morgan fingerprint density at radius 2 is 1.68 bits per heavy atom. The lowest BCUT2D eigenvalue weighted by Crippen LogP contribution is -2.38. The van der Waals surface area contributed by atoms with Crippen LogP contribution < -0.4 is 19.5 Å². The largest absolute Gasteiger partial charge is 0.494 e. The Kier molecular flexibility index (Phi) is 9.07. The molecular formula is C21H27FN2O4. The molecule has 0 heterocycles. The molecule has 0 saturated heterocycles. The van der Waals surface area contributed by atoms with E-state index in [1.54, 1.807) is 12.1 Å². The molecule has 0 radical (unpaired) electrons. The van der Waals surface area contributed by atoms with Crippen molar-refractivity contribution in [1.29, 1.82) is 0 Å². The summed E-state index contributed by atoms with van der Waals surface area (Å²) in [6, 6.07) is 13.3. The number of carbonyl (C=O) groups is 1. The number of rotatable bonds is 12. The zero-order valence-corrected chi connectivity index (χ0v) is 16.3. The molecule has 2 aromatic rings. The molecule has 0 bridgehead atoms. The molecule has 0 unspecified atom stereocenters.